The zero-order valence-corrected chi connectivity index (χ0v) is 17.7. The number of halogens is 3. The number of benzene rings is 2. The average molecular weight is 420 g/mol. The first kappa shape index (κ1) is 23.4. The van der Waals surface area contributed by atoms with Gasteiger partial charge in [0.25, 0.3) is 6.43 Å². The van der Waals surface area contributed by atoms with E-state index in [-0.39, 0.29) is 5.91 Å². The highest BCUT2D eigenvalue weighted by Gasteiger charge is 2.51. The lowest BCUT2D eigenvalue weighted by Gasteiger charge is -2.48. The molecular weight excluding hydrogens is 393 g/mol. The third-order valence-electron chi connectivity index (χ3n) is 5.25. The van der Waals surface area contributed by atoms with Gasteiger partial charge in [0.15, 0.2) is 6.29 Å². The van der Waals surface area contributed by atoms with Gasteiger partial charge in [-0.2, -0.15) is 0 Å². The summed E-state index contributed by atoms with van der Waals surface area (Å²) in [5.41, 5.74) is 2.99. The third kappa shape index (κ3) is 4.83. The van der Waals surface area contributed by atoms with Gasteiger partial charge in [-0.15, -0.1) is 0 Å². The molecule has 0 bridgehead atoms. The van der Waals surface area contributed by atoms with E-state index in [2.05, 4.69) is 10.6 Å². The van der Waals surface area contributed by atoms with E-state index < -0.39 is 29.8 Å². The Morgan fingerprint density at radius 3 is 2.20 bits per heavy atom. The molecule has 2 N–H and O–H groups in total. The van der Waals surface area contributed by atoms with E-state index in [9.17, 15) is 13.6 Å². The van der Waals surface area contributed by atoms with Crippen molar-refractivity contribution in [1.29, 1.82) is 0 Å². The highest BCUT2D eigenvalue weighted by Crippen LogP contribution is 2.49. The van der Waals surface area contributed by atoms with E-state index in [4.69, 9.17) is 4.79 Å². The van der Waals surface area contributed by atoms with Crippen LogP contribution in [0.2, 0.25) is 0 Å². The molecule has 30 heavy (non-hydrogen) atoms. The molecule has 3 rings (SSSR count). The normalized spacial score (nSPS) is 21.6. The number of anilines is 2. The smallest absolute Gasteiger partial charge is 0.293 e. The fourth-order valence-electron chi connectivity index (χ4n) is 3.83. The number of rotatable bonds is 3. The molecule has 0 saturated carbocycles. The Labute approximate surface area is 174 Å². The lowest BCUT2D eigenvalue weighted by Crippen LogP contribution is -2.56. The molecule has 4 nitrogen and oxygen atoms in total. The summed E-state index contributed by atoms with van der Waals surface area (Å²) in [5, 5.41) is 6.11. The number of aldehydes is 1. The van der Waals surface area contributed by atoms with Crippen molar-refractivity contribution in [3.8, 4) is 0 Å². The van der Waals surface area contributed by atoms with Gasteiger partial charge in [-0.3, -0.25) is 9.59 Å². The van der Waals surface area contributed by atoms with E-state index in [1.54, 1.807) is 0 Å². The number of alkyl halides is 3. The Balaban J connectivity index is 0.000000575. The van der Waals surface area contributed by atoms with Crippen LogP contribution >= 0.6 is 0 Å². The van der Waals surface area contributed by atoms with Crippen LogP contribution in [0.1, 0.15) is 44.4 Å². The number of amides is 1. The van der Waals surface area contributed by atoms with Gasteiger partial charge < -0.3 is 10.6 Å². The molecule has 2 aromatic carbocycles. The van der Waals surface area contributed by atoms with E-state index in [1.807, 2.05) is 70.2 Å². The van der Waals surface area contributed by atoms with Crippen LogP contribution in [-0.4, -0.2) is 30.3 Å². The van der Waals surface area contributed by atoms with E-state index in [0.29, 0.717) is 5.69 Å². The van der Waals surface area contributed by atoms with Crippen LogP contribution in [0.3, 0.4) is 0 Å². The number of aryl methyl sites for hydroxylation is 1. The maximum Gasteiger partial charge on any atom is 0.293 e. The van der Waals surface area contributed by atoms with Crippen LogP contribution in [0, 0.1) is 6.92 Å². The van der Waals surface area contributed by atoms with Gasteiger partial charge in [-0.1, -0.05) is 29.8 Å². The fraction of sp³-hybridized carbons (Fsp3) is 0.391. The van der Waals surface area contributed by atoms with Gasteiger partial charge in [-0.25, -0.2) is 13.2 Å². The highest BCUT2D eigenvalue weighted by molar-refractivity contribution is 5.89. The first-order valence-electron chi connectivity index (χ1n) is 9.56. The van der Waals surface area contributed by atoms with Crippen LogP contribution in [-0.2, 0) is 15.0 Å². The van der Waals surface area contributed by atoms with E-state index in [1.165, 1.54) is 6.92 Å². The van der Waals surface area contributed by atoms with E-state index >= 15 is 4.39 Å². The quantitative estimate of drug-likeness (QED) is 0.667. The van der Waals surface area contributed by atoms with Crippen LogP contribution in [0.5, 0.6) is 0 Å². The summed E-state index contributed by atoms with van der Waals surface area (Å²) >= 11 is 0. The molecule has 0 fully saturated rings. The monoisotopic (exact) mass is 420 g/mol. The molecule has 0 aromatic heterocycles. The Bertz CT molecular complexity index is 913. The third-order valence-corrected chi connectivity index (χ3v) is 5.25. The highest BCUT2D eigenvalue weighted by atomic mass is 19.3. The molecule has 162 valence electrons. The Hall–Kier alpha value is -2.83. The molecule has 7 heteroatoms. The first-order chi connectivity index (χ1) is 13.9. The number of carbonyl (C=O) groups is 2. The summed E-state index contributed by atoms with van der Waals surface area (Å²) in [6, 6.07) is 13.7. The summed E-state index contributed by atoms with van der Waals surface area (Å²) in [4.78, 5) is 20.2. The second kappa shape index (κ2) is 8.90. The van der Waals surface area contributed by atoms with Crippen molar-refractivity contribution in [2.24, 2.45) is 0 Å². The standard InChI is InChI=1S/C21H25FN2O.C2H2F2O/c1-13-6-8-15(9-7-13)21(5)17-12-16(23-14(2)25)10-11-18(17)24-20(3,4)19(21)22;3-2(4)1-5/h6-12,19,24H,1-5H3,(H,23,25);1-2H. The van der Waals surface area contributed by atoms with Crippen molar-refractivity contribution < 1.29 is 22.8 Å². The number of nitrogens with one attached hydrogen (secondary N) is 2. The van der Waals surface area contributed by atoms with E-state index in [0.717, 1.165) is 22.4 Å². The van der Waals surface area contributed by atoms with Gasteiger partial charge in [-0.05, 0) is 57.0 Å². The Morgan fingerprint density at radius 2 is 1.70 bits per heavy atom. The topological polar surface area (TPSA) is 58.2 Å². The van der Waals surface area contributed by atoms with Crippen molar-refractivity contribution in [3.63, 3.8) is 0 Å². The molecule has 1 heterocycles. The number of carbonyl (C=O) groups excluding carboxylic acids is 2. The van der Waals surface area contributed by atoms with Crippen LogP contribution in [0.15, 0.2) is 42.5 Å². The van der Waals surface area contributed by atoms with Gasteiger partial charge >= 0.3 is 0 Å². The van der Waals surface area contributed by atoms with Crippen LogP contribution in [0.25, 0.3) is 0 Å². The Morgan fingerprint density at radius 1 is 1.13 bits per heavy atom. The average Bonchev–Trinajstić information content (AvgIpc) is 2.67. The molecular formula is C23H27F3N2O2. The minimum atomic E-state index is -2.80. The zero-order chi connectivity index (χ0) is 22.7. The van der Waals surface area contributed by atoms with Gasteiger partial charge in [0, 0.05) is 18.3 Å². The molecule has 1 amide bonds. The lowest BCUT2D eigenvalue weighted by molar-refractivity contribution is -0.117. The van der Waals surface area contributed by atoms with Crippen molar-refractivity contribution in [2.45, 2.75) is 58.2 Å². The molecule has 1 aliphatic heterocycles. The number of hydrogen-bond donors (Lipinski definition) is 2. The lowest BCUT2D eigenvalue weighted by atomic mass is 9.64. The fourth-order valence-corrected chi connectivity index (χ4v) is 3.83. The molecule has 2 unspecified atom stereocenters. The second-order valence-electron chi connectivity index (χ2n) is 8.19. The zero-order valence-electron chi connectivity index (χ0n) is 17.7. The Kier molecular flexibility index (Phi) is 6.95. The largest absolute Gasteiger partial charge is 0.377 e. The van der Waals surface area contributed by atoms with Crippen molar-refractivity contribution in [3.05, 3.63) is 59.2 Å². The molecule has 0 spiro atoms. The second-order valence-corrected chi connectivity index (χ2v) is 8.19. The molecule has 2 aromatic rings. The molecule has 1 aliphatic rings. The van der Waals surface area contributed by atoms with Crippen LogP contribution in [0.4, 0.5) is 24.5 Å². The number of fused-ring (bicyclic) bond motifs is 1. The van der Waals surface area contributed by atoms with Crippen molar-refractivity contribution >= 4 is 23.6 Å². The molecule has 0 saturated heterocycles. The number of hydrogen-bond acceptors (Lipinski definition) is 3. The van der Waals surface area contributed by atoms with Gasteiger partial charge in [0.1, 0.15) is 6.17 Å². The predicted octanol–water partition coefficient (Wildman–Crippen LogP) is 5.25. The maximum atomic E-state index is 15.7. The minimum Gasteiger partial charge on any atom is -0.377 e. The minimum absolute atomic E-state index is 0.141. The summed E-state index contributed by atoms with van der Waals surface area (Å²) in [6.07, 6.45) is -4.35. The SMILES string of the molecule is CC(=O)Nc1ccc2c(c1)C(C)(c1ccc(C)cc1)C(F)C(C)(C)N2.O=CC(F)F. The van der Waals surface area contributed by atoms with Crippen molar-refractivity contribution in [2.75, 3.05) is 10.6 Å². The van der Waals surface area contributed by atoms with Gasteiger partial charge in [0.2, 0.25) is 5.91 Å². The first-order valence-corrected chi connectivity index (χ1v) is 9.56. The molecule has 0 radical (unpaired) electrons. The van der Waals surface area contributed by atoms with Crippen molar-refractivity contribution in [1.82, 2.24) is 0 Å². The molecule has 2 atom stereocenters. The summed E-state index contributed by atoms with van der Waals surface area (Å²) < 4.78 is 36.5. The predicted molar refractivity (Wildman–Crippen MR) is 113 cm³/mol. The summed E-state index contributed by atoms with van der Waals surface area (Å²) in [7, 11) is 0. The summed E-state index contributed by atoms with van der Waals surface area (Å²) in [5.74, 6) is -0.141. The molecule has 0 aliphatic carbocycles. The maximum absolute atomic E-state index is 15.7. The van der Waals surface area contributed by atoms with Crippen LogP contribution < -0.4 is 10.6 Å². The summed E-state index contributed by atoms with van der Waals surface area (Å²) in [6.45, 7) is 9.21. The van der Waals surface area contributed by atoms with Gasteiger partial charge in [0.05, 0.1) is 11.0 Å².